The first kappa shape index (κ1) is 10.2. The third kappa shape index (κ3) is 2.80. The third-order valence-electron chi connectivity index (χ3n) is 1.83. The van der Waals surface area contributed by atoms with Gasteiger partial charge < -0.3 is 4.74 Å². The first-order chi connectivity index (χ1) is 7.24. The second kappa shape index (κ2) is 4.45. The molecule has 2 rings (SSSR count). The molecule has 0 N–H and O–H groups in total. The molecule has 3 heteroatoms. The number of halogens is 2. The predicted octanol–water partition coefficient (Wildman–Crippen LogP) is 4.38. The van der Waals surface area contributed by atoms with Gasteiger partial charge in [0.2, 0.25) is 0 Å². The van der Waals surface area contributed by atoms with Crippen LogP contribution in [0, 0.1) is 5.82 Å². The highest BCUT2D eigenvalue weighted by molar-refractivity contribution is 9.10. The maximum Gasteiger partial charge on any atom is 0.130 e. The van der Waals surface area contributed by atoms with Crippen LogP contribution in [0.5, 0.6) is 11.5 Å². The van der Waals surface area contributed by atoms with E-state index in [1.54, 1.807) is 12.1 Å². The second-order valence-corrected chi connectivity index (χ2v) is 3.93. The minimum atomic E-state index is -0.303. The van der Waals surface area contributed by atoms with Crippen LogP contribution in [0.2, 0.25) is 0 Å². The topological polar surface area (TPSA) is 9.23 Å². The van der Waals surface area contributed by atoms with Crippen LogP contribution in [0.3, 0.4) is 0 Å². The van der Waals surface area contributed by atoms with Crippen LogP contribution in [-0.2, 0) is 0 Å². The zero-order chi connectivity index (χ0) is 10.7. The molecule has 0 saturated carbocycles. The summed E-state index contributed by atoms with van der Waals surface area (Å²) in [6, 6.07) is 13.5. The van der Waals surface area contributed by atoms with Crippen molar-refractivity contribution in [2.45, 2.75) is 0 Å². The summed E-state index contributed by atoms with van der Waals surface area (Å²) in [4.78, 5) is 0. The van der Waals surface area contributed by atoms with Crippen molar-refractivity contribution in [3.63, 3.8) is 0 Å². The molecular weight excluding hydrogens is 259 g/mol. The summed E-state index contributed by atoms with van der Waals surface area (Å²) in [6.07, 6.45) is 0. The summed E-state index contributed by atoms with van der Waals surface area (Å²) in [5.74, 6) is 0.866. The lowest BCUT2D eigenvalue weighted by Gasteiger charge is -2.05. The molecule has 0 atom stereocenters. The highest BCUT2D eigenvalue weighted by atomic mass is 79.9. The monoisotopic (exact) mass is 266 g/mol. The largest absolute Gasteiger partial charge is 0.457 e. The van der Waals surface area contributed by atoms with Crippen molar-refractivity contribution in [3.05, 3.63) is 58.8 Å². The van der Waals surface area contributed by atoms with Gasteiger partial charge >= 0.3 is 0 Å². The first-order valence-corrected chi connectivity index (χ1v) is 5.22. The van der Waals surface area contributed by atoms with Crippen LogP contribution in [0.25, 0.3) is 0 Å². The Morgan fingerprint density at radius 2 is 1.60 bits per heavy atom. The molecule has 0 radical (unpaired) electrons. The zero-order valence-corrected chi connectivity index (χ0v) is 9.37. The van der Waals surface area contributed by atoms with Crippen LogP contribution in [-0.4, -0.2) is 0 Å². The molecule has 2 aromatic carbocycles. The number of benzene rings is 2. The minimum Gasteiger partial charge on any atom is -0.457 e. The van der Waals surface area contributed by atoms with Crippen LogP contribution in [0.1, 0.15) is 0 Å². The summed E-state index contributed by atoms with van der Waals surface area (Å²) in [6.45, 7) is 0. The Morgan fingerprint density at radius 1 is 0.933 bits per heavy atom. The lowest BCUT2D eigenvalue weighted by Crippen LogP contribution is -1.84. The Labute approximate surface area is 95.6 Å². The SMILES string of the molecule is Fc1cccc(Oc2cccc(Br)c2)c1. The van der Waals surface area contributed by atoms with E-state index in [1.807, 2.05) is 24.3 Å². The van der Waals surface area contributed by atoms with Gasteiger partial charge in [-0.1, -0.05) is 28.1 Å². The van der Waals surface area contributed by atoms with Gasteiger partial charge in [0.25, 0.3) is 0 Å². The summed E-state index contributed by atoms with van der Waals surface area (Å²) < 4.78 is 19.3. The maximum atomic E-state index is 12.9. The number of hydrogen-bond acceptors (Lipinski definition) is 1. The molecule has 0 amide bonds. The van der Waals surface area contributed by atoms with E-state index in [0.717, 1.165) is 4.47 Å². The van der Waals surface area contributed by atoms with Crippen molar-refractivity contribution in [2.75, 3.05) is 0 Å². The van der Waals surface area contributed by atoms with E-state index in [0.29, 0.717) is 11.5 Å². The molecule has 0 spiro atoms. The Kier molecular flexibility index (Phi) is 3.02. The molecule has 0 heterocycles. The highest BCUT2D eigenvalue weighted by Crippen LogP contribution is 2.24. The van der Waals surface area contributed by atoms with E-state index < -0.39 is 0 Å². The van der Waals surface area contributed by atoms with Crippen molar-refractivity contribution in [3.8, 4) is 11.5 Å². The molecule has 0 bridgehead atoms. The van der Waals surface area contributed by atoms with Gasteiger partial charge in [-0.05, 0) is 30.3 Å². The average Bonchev–Trinajstić information content (AvgIpc) is 2.17. The molecule has 0 aliphatic rings. The van der Waals surface area contributed by atoms with E-state index in [1.165, 1.54) is 12.1 Å². The van der Waals surface area contributed by atoms with Crippen molar-refractivity contribution in [1.29, 1.82) is 0 Å². The van der Waals surface area contributed by atoms with E-state index in [2.05, 4.69) is 15.9 Å². The van der Waals surface area contributed by atoms with Gasteiger partial charge in [-0.25, -0.2) is 4.39 Å². The molecule has 0 aromatic heterocycles. The van der Waals surface area contributed by atoms with Gasteiger partial charge in [-0.2, -0.15) is 0 Å². The Hall–Kier alpha value is -1.35. The standard InChI is InChI=1S/C12H8BrFO/c13-9-3-1-5-11(7-9)15-12-6-2-4-10(14)8-12/h1-8H. The fourth-order valence-electron chi connectivity index (χ4n) is 1.20. The number of rotatable bonds is 2. The minimum absolute atomic E-state index is 0.303. The molecule has 0 aliphatic heterocycles. The Morgan fingerprint density at radius 3 is 2.27 bits per heavy atom. The fourth-order valence-corrected chi connectivity index (χ4v) is 1.58. The molecule has 2 aromatic rings. The van der Waals surface area contributed by atoms with Crippen molar-refractivity contribution in [2.24, 2.45) is 0 Å². The van der Waals surface area contributed by atoms with Crippen LogP contribution < -0.4 is 4.74 Å². The van der Waals surface area contributed by atoms with Crippen LogP contribution in [0.15, 0.2) is 53.0 Å². The van der Waals surface area contributed by atoms with Gasteiger partial charge in [0, 0.05) is 10.5 Å². The lowest BCUT2D eigenvalue weighted by atomic mass is 10.3. The summed E-state index contributed by atoms with van der Waals surface area (Å²) in [5.41, 5.74) is 0. The molecule has 0 unspecified atom stereocenters. The normalized spacial score (nSPS) is 10.0. The van der Waals surface area contributed by atoms with Gasteiger partial charge in [-0.15, -0.1) is 0 Å². The molecule has 0 saturated heterocycles. The first-order valence-electron chi connectivity index (χ1n) is 4.43. The van der Waals surface area contributed by atoms with E-state index >= 15 is 0 Å². The zero-order valence-electron chi connectivity index (χ0n) is 7.78. The van der Waals surface area contributed by atoms with Gasteiger partial charge in [-0.3, -0.25) is 0 Å². The number of ether oxygens (including phenoxy) is 1. The summed E-state index contributed by atoms with van der Waals surface area (Å²) in [5, 5.41) is 0. The molecule has 0 aliphatic carbocycles. The van der Waals surface area contributed by atoms with E-state index in [4.69, 9.17) is 4.74 Å². The molecule has 1 nitrogen and oxygen atoms in total. The van der Waals surface area contributed by atoms with Gasteiger partial charge in [0.1, 0.15) is 17.3 Å². The predicted molar refractivity (Wildman–Crippen MR) is 60.6 cm³/mol. The third-order valence-corrected chi connectivity index (χ3v) is 2.32. The summed E-state index contributed by atoms with van der Waals surface area (Å²) in [7, 11) is 0. The van der Waals surface area contributed by atoms with Crippen molar-refractivity contribution >= 4 is 15.9 Å². The van der Waals surface area contributed by atoms with E-state index in [-0.39, 0.29) is 5.82 Å². The van der Waals surface area contributed by atoms with Crippen LogP contribution in [0.4, 0.5) is 4.39 Å². The average molecular weight is 267 g/mol. The quantitative estimate of drug-likeness (QED) is 0.784. The smallest absolute Gasteiger partial charge is 0.130 e. The molecule has 0 fully saturated rings. The highest BCUT2D eigenvalue weighted by Gasteiger charge is 1.98. The van der Waals surface area contributed by atoms with Gasteiger partial charge in [0.05, 0.1) is 0 Å². The van der Waals surface area contributed by atoms with Crippen molar-refractivity contribution < 1.29 is 9.13 Å². The van der Waals surface area contributed by atoms with Crippen molar-refractivity contribution in [1.82, 2.24) is 0 Å². The number of hydrogen-bond donors (Lipinski definition) is 0. The molecular formula is C12H8BrFO. The molecule has 15 heavy (non-hydrogen) atoms. The van der Waals surface area contributed by atoms with E-state index in [9.17, 15) is 4.39 Å². The van der Waals surface area contributed by atoms with Gasteiger partial charge in [0.15, 0.2) is 0 Å². The second-order valence-electron chi connectivity index (χ2n) is 3.02. The fraction of sp³-hybridized carbons (Fsp3) is 0. The maximum absolute atomic E-state index is 12.9. The Balaban J connectivity index is 2.22. The lowest BCUT2D eigenvalue weighted by molar-refractivity contribution is 0.476. The summed E-state index contributed by atoms with van der Waals surface area (Å²) >= 11 is 3.34. The molecule has 76 valence electrons. The van der Waals surface area contributed by atoms with Crippen LogP contribution >= 0.6 is 15.9 Å². The Bertz CT molecular complexity index is 427.